The fourth-order valence-electron chi connectivity index (χ4n) is 5.58. The summed E-state index contributed by atoms with van der Waals surface area (Å²) in [4.78, 5) is 39.3. The molecule has 8 heteroatoms. The van der Waals surface area contributed by atoms with Crippen molar-refractivity contribution in [3.8, 4) is 11.8 Å². The molecule has 0 heterocycles. The van der Waals surface area contributed by atoms with Crippen LogP contribution in [-0.4, -0.2) is 31.4 Å². The second-order valence-electron chi connectivity index (χ2n) is 10.5. The predicted molar refractivity (Wildman–Crippen MR) is 162 cm³/mol. The number of nitriles is 1. The van der Waals surface area contributed by atoms with Gasteiger partial charge in [-0.2, -0.15) is 5.26 Å². The predicted octanol–water partition coefficient (Wildman–Crippen LogP) is 4.70. The topological polar surface area (TPSA) is 132 Å². The number of rotatable bonds is 13. The summed E-state index contributed by atoms with van der Waals surface area (Å²) in [5.74, 6) is -0.918. The number of carbonyl (C=O) groups is 3. The fourth-order valence-corrected chi connectivity index (χ4v) is 5.58. The first-order valence-corrected chi connectivity index (χ1v) is 14.1. The zero-order valence-electron chi connectivity index (χ0n) is 24.1. The van der Waals surface area contributed by atoms with Crippen LogP contribution < -0.4 is 15.8 Å². The van der Waals surface area contributed by atoms with E-state index in [0.717, 1.165) is 22.4 Å². The van der Waals surface area contributed by atoms with Gasteiger partial charge in [-0.15, -0.1) is 0 Å². The van der Waals surface area contributed by atoms with Crippen molar-refractivity contribution in [2.24, 2.45) is 11.1 Å². The van der Waals surface area contributed by atoms with Crippen LogP contribution in [0.25, 0.3) is 0 Å². The molecule has 0 saturated carbocycles. The van der Waals surface area contributed by atoms with Gasteiger partial charge in [0.25, 0.3) is 0 Å². The summed E-state index contributed by atoms with van der Waals surface area (Å²) >= 11 is 0. The van der Waals surface area contributed by atoms with Crippen molar-refractivity contribution < 1.29 is 23.9 Å². The number of nitrogens with two attached hydrogens (primary N) is 1. The Labute approximate surface area is 251 Å². The highest BCUT2D eigenvalue weighted by Gasteiger charge is 2.58. The van der Waals surface area contributed by atoms with E-state index in [-0.39, 0.29) is 31.6 Å². The third-order valence-electron chi connectivity index (χ3n) is 7.84. The van der Waals surface area contributed by atoms with Crippen molar-refractivity contribution in [1.82, 2.24) is 5.32 Å². The normalized spacial score (nSPS) is 19.0. The van der Waals surface area contributed by atoms with Gasteiger partial charge in [-0.1, -0.05) is 78.9 Å². The summed E-state index contributed by atoms with van der Waals surface area (Å²) in [7, 11) is 1.61. The Morgan fingerprint density at radius 3 is 2.23 bits per heavy atom. The maximum atomic E-state index is 14.5. The van der Waals surface area contributed by atoms with Crippen LogP contribution in [-0.2, 0) is 37.6 Å². The number of methoxy groups -OCH3 is 1. The quantitative estimate of drug-likeness (QED) is 0.283. The maximum Gasteiger partial charge on any atom is 0.318 e. The minimum Gasteiger partial charge on any atom is -0.497 e. The van der Waals surface area contributed by atoms with Gasteiger partial charge in [-0.05, 0) is 53.8 Å². The van der Waals surface area contributed by atoms with Crippen LogP contribution in [0.15, 0.2) is 109 Å². The SMILES string of the molecule is COc1ccc(CCC2(c3ccccc3)C=CC(C#N)=CC2(CC(=O)NCCC(N)=O)C(=O)OCc2ccccc2)cc1. The van der Waals surface area contributed by atoms with E-state index in [1.165, 1.54) is 0 Å². The van der Waals surface area contributed by atoms with E-state index in [1.807, 2.05) is 91.0 Å². The van der Waals surface area contributed by atoms with Crippen LogP contribution in [0.1, 0.15) is 36.0 Å². The third-order valence-corrected chi connectivity index (χ3v) is 7.84. The van der Waals surface area contributed by atoms with Crippen molar-refractivity contribution in [3.63, 3.8) is 0 Å². The lowest BCUT2D eigenvalue weighted by Gasteiger charge is -2.48. The largest absolute Gasteiger partial charge is 0.497 e. The Balaban J connectivity index is 1.82. The molecule has 2 amide bonds. The van der Waals surface area contributed by atoms with E-state index in [9.17, 15) is 19.6 Å². The van der Waals surface area contributed by atoms with Gasteiger partial charge in [-0.25, -0.2) is 0 Å². The average Bonchev–Trinajstić information content (AvgIpc) is 3.04. The molecule has 43 heavy (non-hydrogen) atoms. The molecule has 220 valence electrons. The van der Waals surface area contributed by atoms with E-state index in [4.69, 9.17) is 15.2 Å². The number of nitrogens with one attached hydrogen (secondary N) is 1. The standard InChI is InChI=1S/C35H35N3O5/c1-42-30-14-12-26(13-15-30)16-19-34(29-10-6-3-7-11-29)20-17-28(24-36)22-35(34,23-32(40)38-21-18-31(37)39)33(41)43-25-27-8-4-2-5-9-27/h2-15,17,20,22H,16,18-19,21,23,25H2,1H3,(H2,37,39)(H,38,40). The lowest BCUT2D eigenvalue weighted by molar-refractivity contribution is -0.160. The minimum atomic E-state index is -1.59. The second kappa shape index (κ2) is 14.1. The van der Waals surface area contributed by atoms with Crippen LogP contribution >= 0.6 is 0 Å². The van der Waals surface area contributed by atoms with E-state index in [1.54, 1.807) is 19.3 Å². The number of benzene rings is 3. The van der Waals surface area contributed by atoms with Gasteiger partial charge in [0.05, 0.1) is 13.2 Å². The summed E-state index contributed by atoms with van der Waals surface area (Å²) in [6, 6.07) is 28.6. The first-order valence-electron chi connectivity index (χ1n) is 14.1. The Morgan fingerprint density at radius 1 is 0.930 bits per heavy atom. The molecule has 0 aliphatic heterocycles. The van der Waals surface area contributed by atoms with Crippen molar-refractivity contribution in [1.29, 1.82) is 5.26 Å². The molecular formula is C35H35N3O5. The number of ether oxygens (including phenoxy) is 2. The van der Waals surface area contributed by atoms with Crippen molar-refractivity contribution in [2.75, 3.05) is 13.7 Å². The summed E-state index contributed by atoms with van der Waals surface area (Å²) in [6.07, 6.45) is 5.76. The highest BCUT2D eigenvalue weighted by molar-refractivity contribution is 5.91. The molecule has 4 rings (SSSR count). The molecule has 0 bridgehead atoms. The summed E-state index contributed by atoms with van der Waals surface area (Å²) in [6.45, 7) is 0.0195. The smallest absolute Gasteiger partial charge is 0.318 e. The summed E-state index contributed by atoms with van der Waals surface area (Å²) in [5.41, 5.74) is 5.46. The second-order valence-corrected chi connectivity index (χ2v) is 10.5. The van der Waals surface area contributed by atoms with E-state index < -0.39 is 28.6 Å². The third kappa shape index (κ3) is 7.19. The van der Waals surface area contributed by atoms with Crippen LogP contribution in [0.4, 0.5) is 0 Å². The highest BCUT2D eigenvalue weighted by atomic mass is 16.5. The number of primary amides is 1. The highest BCUT2D eigenvalue weighted by Crippen LogP contribution is 2.54. The molecule has 0 spiro atoms. The van der Waals surface area contributed by atoms with E-state index in [2.05, 4.69) is 11.4 Å². The van der Waals surface area contributed by atoms with E-state index >= 15 is 0 Å². The van der Waals surface area contributed by atoms with E-state index in [0.29, 0.717) is 12.8 Å². The molecule has 3 N–H and O–H groups in total. The Morgan fingerprint density at radius 2 is 1.60 bits per heavy atom. The molecule has 1 aliphatic carbocycles. The summed E-state index contributed by atoms with van der Waals surface area (Å²) in [5, 5.41) is 12.7. The molecule has 0 radical (unpaired) electrons. The van der Waals surface area contributed by atoms with Crippen LogP contribution in [0.3, 0.4) is 0 Å². The molecule has 0 saturated heterocycles. The Hall–Kier alpha value is -5.16. The molecule has 3 aromatic carbocycles. The van der Waals surface area contributed by atoms with Gasteiger partial charge in [0, 0.05) is 30.4 Å². The Bertz CT molecular complexity index is 1530. The number of esters is 1. The van der Waals surface area contributed by atoms with Crippen LogP contribution in [0.2, 0.25) is 0 Å². The fraction of sp³-hybridized carbons (Fsp3) is 0.257. The van der Waals surface area contributed by atoms with Gasteiger partial charge >= 0.3 is 5.97 Å². The number of allylic oxidation sites excluding steroid dienone is 3. The van der Waals surface area contributed by atoms with Crippen LogP contribution in [0.5, 0.6) is 5.75 Å². The molecule has 0 fully saturated rings. The molecule has 2 atom stereocenters. The number of amides is 2. The maximum absolute atomic E-state index is 14.5. The Kier molecular flexibility index (Phi) is 10.1. The first kappa shape index (κ1) is 30.8. The number of nitrogens with zero attached hydrogens (tertiary/aromatic N) is 1. The average molecular weight is 578 g/mol. The molecule has 1 aliphatic rings. The zero-order valence-corrected chi connectivity index (χ0v) is 24.1. The molecule has 8 nitrogen and oxygen atoms in total. The monoisotopic (exact) mass is 577 g/mol. The first-order chi connectivity index (χ1) is 20.8. The number of carbonyl (C=O) groups excluding carboxylic acids is 3. The van der Waals surface area contributed by atoms with Crippen molar-refractivity contribution in [3.05, 3.63) is 125 Å². The number of hydrogen-bond acceptors (Lipinski definition) is 6. The van der Waals surface area contributed by atoms with Crippen LogP contribution in [0, 0.1) is 16.7 Å². The van der Waals surface area contributed by atoms with Gasteiger partial charge in [0.2, 0.25) is 11.8 Å². The van der Waals surface area contributed by atoms with Crippen molar-refractivity contribution in [2.45, 2.75) is 37.7 Å². The summed E-state index contributed by atoms with van der Waals surface area (Å²) < 4.78 is 11.3. The molecule has 3 aromatic rings. The van der Waals surface area contributed by atoms with Gasteiger partial charge in [0.1, 0.15) is 17.8 Å². The minimum absolute atomic E-state index is 0.00644. The molecule has 0 aromatic heterocycles. The lowest BCUT2D eigenvalue weighted by Crippen LogP contribution is -2.53. The molecule has 2 unspecified atom stereocenters. The van der Waals surface area contributed by atoms with Gasteiger partial charge in [0.15, 0.2) is 0 Å². The lowest BCUT2D eigenvalue weighted by atomic mass is 9.53. The zero-order chi connectivity index (χ0) is 30.7. The van der Waals surface area contributed by atoms with Gasteiger partial charge < -0.3 is 20.5 Å². The van der Waals surface area contributed by atoms with Gasteiger partial charge in [-0.3, -0.25) is 14.4 Å². The number of aryl methyl sites for hydroxylation is 1. The number of hydrogen-bond donors (Lipinski definition) is 2. The molecular weight excluding hydrogens is 542 g/mol. The van der Waals surface area contributed by atoms with Crippen molar-refractivity contribution >= 4 is 17.8 Å².